The van der Waals surface area contributed by atoms with Gasteiger partial charge >= 0.3 is 5.63 Å². The van der Waals surface area contributed by atoms with Gasteiger partial charge in [0.2, 0.25) is 0 Å². The molecule has 2 rings (SSSR count). The molecule has 0 saturated heterocycles. The van der Waals surface area contributed by atoms with Gasteiger partial charge in [0.25, 0.3) is 5.91 Å². The average molecular weight is 259 g/mol. The number of amides is 1. The van der Waals surface area contributed by atoms with Crippen LogP contribution in [0.25, 0.3) is 11.0 Å². The molecule has 1 heterocycles. The number of carbonyl (C=O) groups excluding carboxylic acids is 2. The Bertz CT molecular complexity index is 687. The van der Waals surface area contributed by atoms with Crippen LogP contribution in [-0.4, -0.2) is 18.2 Å². The summed E-state index contributed by atoms with van der Waals surface area (Å²) in [5.74, 6) is -0.549. The number of carbonyl (C=O) groups is 2. The van der Waals surface area contributed by atoms with Crippen molar-refractivity contribution in [2.24, 2.45) is 0 Å². The highest BCUT2D eigenvalue weighted by Gasteiger charge is 2.13. The predicted octanol–water partition coefficient (Wildman–Crippen LogP) is 1.50. The summed E-state index contributed by atoms with van der Waals surface area (Å²) >= 11 is 0. The van der Waals surface area contributed by atoms with Crippen molar-refractivity contribution >= 4 is 22.7 Å². The van der Waals surface area contributed by atoms with Crippen molar-refractivity contribution in [3.63, 3.8) is 0 Å². The average Bonchev–Trinajstić information content (AvgIpc) is 2.37. The highest BCUT2D eigenvalue weighted by atomic mass is 16.4. The molecule has 1 amide bonds. The van der Waals surface area contributed by atoms with Crippen molar-refractivity contribution in [2.45, 2.75) is 13.3 Å². The fourth-order valence-corrected chi connectivity index (χ4v) is 1.67. The molecule has 0 radical (unpaired) electrons. The summed E-state index contributed by atoms with van der Waals surface area (Å²) in [7, 11) is 0. The normalized spacial score (nSPS) is 10.4. The first-order valence-electron chi connectivity index (χ1n) is 5.88. The van der Waals surface area contributed by atoms with Gasteiger partial charge in [-0.15, -0.1) is 0 Å². The van der Waals surface area contributed by atoms with E-state index in [9.17, 15) is 14.4 Å². The zero-order valence-corrected chi connectivity index (χ0v) is 10.4. The zero-order chi connectivity index (χ0) is 13.8. The highest BCUT2D eigenvalue weighted by Crippen LogP contribution is 2.12. The number of para-hydroxylation sites is 1. The summed E-state index contributed by atoms with van der Waals surface area (Å²) in [6, 6.07) is 8.45. The molecule has 0 atom stereocenters. The Balaban J connectivity index is 2.24. The molecule has 0 aliphatic heterocycles. The van der Waals surface area contributed by atoms with Gasteiger partial charge in [0.1, 0.15) is 16.9 Å². The maximum absolute atomic E-state index is 11.8. The fourth-order valence-electron chi connectivity index (χ4n) is 1.67. The first kappa shape index (κ1) is 13.0. The van der Waals surface area contributed by atoms with Crippen LogP contribution in [0.1, 0.15) is 23.7 Å². The Morgan fingerprint density at radius 3 is 2.74 bits per heavy atom. The van der Waals surface area contributed by atoms with Gasteiger partial charge in [-0.05, 0) is 19.1 Å². The molecule has 5 nitrogen and oxygen atoms in total. The van der Waals surface area contributed by atoms with E-state index in [2.05, 4.69) is 5.32 Å². The number of nitrogens with one attached hydrogen (secondary N) is 1. The van der Waals surface area contributed by atoms with E-state index >= 15 is 0 Å². The van der Waals surface area contributed by atoms with Gasteiger partial charge in [-0.25, -0.2) is 4.79 Å². The molecule has 1 aromatic carbocycles. The van der Waals surface area contributed by atoms with Crippen molar-refractivity contribution in [2.75, 3.05) is 6.54 Å². The van der Waals surface area contributed by atoms with Gasteiger partial charge in [0, 0.05) is 18.4 Å². The van der Waals surface area contributed by atoms with Gasteiger partial charge in [-0.1, -0.05) is 18.2 Å². The summed E-state index contributed by atoms with van der Waals surface area (Å²) in [6.45, 7) is 1.65. The second kappa shape index (κ2) is 5.48. The van der Waals surface area contributed by atoms with Crippen LogP contribution in [0.15, 0.2) is 39.5 Å². The Morgan fingerprint density at radius 2 is 2.00 bits per heavy atom. The molecule has 0 spiro atoms. The molecular formula is C14H13NO4. The molecule has 0 unspecified atom stereocenters. The summed E-state index contributed by atoms with van der Waals surface area (Å²) in [6.07, 6.45) is 0.241. The largest absolute Gasteiger partial charge is 0.422 e. The van der Waals surface area contributed by atoms with Crippen LogP contribution >= 0.6 is 0 Å². The molecule has 5 heteroatoms. The van der Waals surface area contributed by atoms with Gasteiger partial charge in [-0.2, -0.15) is 0 Å². The topological polar surface area (TPSA) is 76.4 Å². The van der Waals surface area contributed by atoms with E-state index in [0.29, 0.717) is 11.0 Å². The Labute approximate surface area is 109 Å². The number of hydrogen-bond donors (Lipinski definition) is 1. The lowest BCUT2D eigenvalue weighted by Crippen LogP contribution is -2.29. The lowest BCUT2D eigenvalue weighted by atomic mass is 10.2. The Hall–Kier alpha value is -2.43. The van der Waals surface area contributed by atoms with Crippen LogP contribution in [0.5, 0.6) is 0 Å². The van der Waals surface area contributed by atoms with E-state index in [1.165, 1.54) is 13.0 Å². The zero-order valence-electron chi connectivity index (χ0n) is 10.4. The van der Waals surface area contributed by atoms with E-state index in [0.717, 1.165) is 0 Å². The lowest BCUT2D eigenvalue weighted by Gasteiger charge is -2.03. The van der Waals surface area contributed by atoms with Gasteiger partial charge in [-0.3, -0.25) is 9.59 Å². The van der Waals surface area contributed by atoms with Crippen LogP contribution in [0, 0.1) is 0 Å². The lowest BCUT2D eigenvalue weighted by molar-refractivity contribution is -0.116. The third-order valence-corrected chi connectivity index (χ3v) is 2.65. The Morgan fingerprint density at radius 1 is 1.26 bits per heavy atom. The maximum atomic E-state index is 11.8. The third-order valence-electron chi connectivity index (χ3n) is 2.65. The molecular weight excluding hydrogens is 246 g/mol. The number of benzene rings is 1. The van der Waals surface area contributed by atoms with Crippen LogP contribution in [0.2, 0.25) is 0 Å². The third kappa shape index (κ3) is 3.07. The smallest absolute Gasteiger partial charge is 0.349 e. The van der Waals surface area contributed by atoms with Gasteiger partial charge in [0.05, 0.1) is 0 Å². The van der Waals surface area contributed by atoms with Crippen molar-refractivity contribution in [3.8, 4) is 0 Å². The monoisotopic (exact) mass is 259 g/mol. The number of Topliss-reactive ketones (excluding diaryl/α,β-unsaturated/α-hetero) is 1. The van der Waals surface area contributed by atoms with E-state index < -0.39 is 11.5 Å². The summed E-state index contributed by atoms with van der Waals surface area (Å²) in [5.41, 5.74) is -0.297. The van der Waals surface area contributed by atoms with Gasteiger partial charge < -0.3 is 9.73 Å². The molecule has 0 fully saturated rings. The van der Waals surface area contributed by atoms with Crippen molar-refractivity contribution in [1.29, 1.82) is 0 Å². The SMILES string of the molecule is CC(=O)CCNC(=O)c1cc2ccccc2oc1=O. The molecule has 0 aliphatic rings. The number of hydrogen-bond acceptors (Lipinski definition) is 4. The molecule has 0 saturated carbocycles. The molecule has 0 bridgehead atoms. The summed E-state index contributed by atoms with van der Waals surface area (Å²) in [4.78, 5) is 34.3. The minimum absolute atomic E-state index is 0.0224. The number of ketones is 1. The Kier molecular flexibility index (Phi) is 3.75. The van der Waals surface area contributed by atoms with Crippen LogP contribution in [0.3, 0.4) is 0 Å². The minimum atomic E-state index is -0.681. The maximum Gasteiger partial charge on any atom is 0.349 e. The van der Waals surface area contributed by atoms with Crippen molar-refractivity contribution < 1.29 is 14.0 Å². The van der Waals surface area contributed by atoms with Gasteiger partial charge in [0.15, 0.2) is 0 Å². The summed E-state index contributed by atoms with van der Waals surface area (Å²) < 4.78 is 5.06. The van der Waals surface area contributed by atoms with E-state index in [-0.39, 0.29) is 24.3 Å². The van der Waals surface area contributed by atoms with Crippen LogP contribution < -0.4 is 10.9 Å². The summed E-state index contributed by atoms with van der Waals surface area (Å²) in [5, 5.41) is 3.20. The molecule has 19 heavy (non-hydrogen) atoms. The second-order valence-corrected chi connectivity index (χ2v) is 4.19. The molecule has 1 aromatic heterocycles. The minimum Gasteiger partial charge on any atom is -0.422 e. The predicted molar refractivity (Wildman–Crippen MR) is 70.1 cm³/mol. The standard InChI is InChI=1S/C14H13NO4/c1-9(16)6-7-15-13(17)11-8-10-4-2-3-5-12(10)19-14(11)18/h2-5,8H,6-7H2,1H3,(H,15,17). The number of rotatable bonds is 4. The van der Waals surface area contributed by atoms with E-state index in [1.807, 2.05) is 0 Å². The van der Waals surface area contributed by atoms with Crippen LogP contribution in [0.4, 0.5) is 0 Å². The molecule has 98 valence electrons. The molecule has 2 aromatic rings. The van der Waals surface area contributed by atoms with Crippen molar-refractivity contribution in [3.05, 3.63) is 46.3 Å². The molecule has 0 aliphatic carbocycles. The van der Waals surface area contributed by atoms with Crippen molar-refractivity contribution in [1.82, 2.24) is 5.32 Å². The first-order valence-corrected chi connectivity index (χ1v) is 5.88. The second-order valence-electron chi connectivity index (χ2n) is 4.19. The quantitative estimate of drug-likeness (QED) is 0.844. The number of fused-ring (bicyclic) bond motifs is 1. The van der Waals surface area contributed by atoms with E-state index in [1.54, 1.807) is 24.3 Å². The van der Waals surface area contributed by atoms with Crippen LogP contribution in [-0.2, 0) is 4.79 Å². The van der Waals surface area contributed by atoms with E-state index in [4.69, 9.17) is 4.42 Å². The first-order chi connectivity index (χ1) is 9.08. The molecule has 1 N–H and O–H groups in total. The fraction of sp³-hybridized carbons (Fsp3) is 0.214. The highest BCUT2D eigenvalue weighted by molar-refractivity contribution is 5.96.